The van der Waals surface area contributed by atoms with Crippen LogP contribution in [0.3, 0.4) is 0 Å². The SMILES string of the molecule is CC(C)CNC(=O)c1ccc(-c2ccc(CN=[N+]=[N-])cc2C(=O)Nc2ccc(C(=N)N)cc2)c(C(=O)O)c1. The summed E-state index contributed by atoms with van der Waals surface area (Å²) >= 11 is 0. The van der Waals surface area contributed by atoms with Crippen LogP contribution in [0.25, 0.3) is 21.6 Å². The zero-order valence-electron chi connectivity index (χ0n) is 20.9. The van der Waals surface area contributed by atoms with Crippen molar-refractivity contribution < 1.29 is 19.5 Å². The van der Waals surface area contributed by atoms with E-state index in [9.17, 15) is 19.5 Å². The second-order valence-electron chi connectivity index (χ2n) is 8.88. The third kappa shape index (κ3) is 6.74. The van der Waals surface area contributed by atoms with Gasteiger partial charge in [-0.15, -0.1) is 0 Å². The molecule has 3 rings (SSSR count). The molecule has 38 heavy (non-hydrogen) atoms. The van der Waals surface area contributed by atoms with Crippen LogP contribution in [-0.4, -0.2) is 35.3 Å². The Bertz CT molecular complexity index is 1440. The van der Waals surface area contributed by atoms with E-state index in [0.717, 1.165) is 0 Å². The topological polar surface area (TPSA) is 194 Å². The fourth-order valence-electron chi connectivity index (χ4n) is 3.65. The quantitative estimate of drug-likeness (QED) is 0.0853. The molecule has 0 aliphatic rings. The Morgan fingerprint density at radius 2 is 1.61 bits per heavy atom. The molecule has 3 aromatic rings. The Morgan fingerprint density at radius 1 is 0.974 bits per heavy atom. The van der Waals surface area contributed by atoms with Gasteiger partial charge in [-0.05, 0) is 70.6 Å². The zero-order chi connectivity index (χ0) is 27.8. The van der Waals surface area contributed by atoms with Gasteiger partial charge in [-0.25, -0.2) is 4.79 Å². The van der Waals surface area contributed by atoms with E-state index in [2.05, 4.69) is 20.7 Å². The van der Waals surface area contributed by atoms with Crippen molar-refractivity contribution in [2.24, 2.45) is 16.8 Å². The van der Waals surface area contributed by atoms with Gasteiger partial charge in [0.25, 0.3) is 11.8 Å². The molecule has 0 fully saturated rings. The maximum atomic E-state index is 13.4. The standard InChI is InChI=1S/C27H27N7O4/c1-15(2)13-31-25(35)18-6-10-21(23(12-18)27(37)38)20-9-3-16(14-32-34-30)11-22(20)26(36)33-19-7-4-17(5-8-19)24(28)29/h3-12,15H,13-14H2,1-2H3,(H3,28,29)(H,31,35)(H,33,36)(H,37,38). The number of nitrogen functional groups attached to an aromatic ring is 1. The highest BCUT2D eigenvalue weighted by Crippen LogP contribution is 2.30. The first-order valence-electron chi connectivity index (χ1n) is 11.7. The van der Waals surface area contributed by atoms with Crippen molar-refractivity contribution in [3.8, 4) is 11.1 Å². The Morgan fingerprint density at radius 3 is 2.21 bits per heavy atom. The number of carboxylic acids is 1. The Hall–Kier alpha value is -5.15. The lowest BCUT2D eigenvalue weighted by atomic mass is 9.92. The molecule has 0 spiro atoms. The van der Waals surface area contributed by atoms with E-state index >= 15 is 0 Å². The number of amides is 2. The molecular weight excluding hydrogens is 486 g/mol. The van der Waals surface area contributed by atoms with E-state index in [-0.39, 0.29) is 40.6 Å². The number of hydrogen-bond acceptors (Lipinski definition) is 5. The van der Waals surface area contributed by atoms with Gasteiger partial charge in [0.05, 0.1) is 12.1 Å². The van der Waals surface area contributed by atoms with Crippen LogP contribution in [0.5, 0.6) is 0 Å². The van der Waals surface area contributed by atoms with Crippen LogP contribution in [0.15, 0.2) is 65.8 Å². The van der Waals surface area contributed by atoms with E-state index in [1.165, 1.54) is 24.3 Å². The molecular formula is C27H27N7O4. The summed E-state index contributed by atoms with van der Waals surface area (Å²) in [5.74, 6) is -2.08. The number of benzene rings is 3. The van der Waals surface area contributed by atoms with Crippen LogP contribution >= 0.6 is 0 Å². The second-order valence-corrected chi connectivity index (χ2v) is 8.88. The highest BCUT2D eigenvalue weighted by atomic mass is 16.4. The minimum atomic E-state index is -1.26. The predicted octanol–water partition coefficient (Wildman–Crippen LogP) is 4.78. The summed E-state index contributed by atoms with van der Waals surface area (Å²) in [7, 11) is 0. The van der Waals surface area contributed by atoms with E-state index < -0.39 is 17.8 Å². The van der Waals surface area contributed by atoms with Gasteiger partial charge in [0.1, 0.15) is 5.84 Å². The van der Waals surface area contributed by atoms with Crippen molar-refractivity contribution in [2.75, 3.05) is 11.9 Å². The van der Waals surface area contributed by atoms with Crippen LogP contribution < -0.4 is 16.4 Å². The molecule has 0 bridgehead atoms. The highest BCUT2D eigenvalue weighted by molar-refractivity contribution is 6.11. The molecule has 0 saturated heterocycles. The zero-order valence-corrected chi connectivity index (χ0v) is 20.9. The lowest BCUT2D eigenvalue weighted by Crippen LogP contribution is -2.27. The van der Waals surface area contributed by atoms with Crippen molar-refractivity contribution >= 4 is 29.3 Å². The normalized spacial score (nSPS) is 10.4. The van der Waals surface area contributed by atoms with Crippen molar-refractivity contribution in [3.63, 3.8) is 0 Å². The number of carbonyl (C=O) groups is 3. The first kappa shape index (κ1) is 27.4. The molecule has 194 valence electrons. The van der Waals surface area contributed by atoms with Crippen LogP contribution in [-0.2, 0) is 6.54 Å². The van der Waals surface area contributed by atoms with Crippen molar-refractivity contribution in [2.45, 2.75) is 20.4 Å². The molecule has 11 nitrogen and oxygen atoms in total. The maximum absolute atomic E-state index is 13.4. The first-order chi connectivity index (χ1) is 18.1. The number of aromatic carboxylic acids is 1. The van der Waals surface area contributed by atoms with Crippen LogP contribution in [0.4, 0.5) is 5.69 Å². The molecule has 6 N–H and O–H groups in total. The largest absolute Gasteiger partial charge is 0.478 e. The van der Waals surface area contributed by atoms with Crippen LogP contribution in [0.1, 0.15) is 56.0 Å². The number of carboxylic acid groups (broad SMARTS) is 1. The lowest BCUT2D eigenvalue weighted by molar-refractivity contribution is 0.0697. The second kappa shape index (κ2) is 12.2. The van der Waals surface area contributed by atoms with Gasteiger partial charge >= 0.3 is 5.97 Å². The number of nitrogens with two attached hydrogens (primary N) is 1. The van der Waals surface area contributed by atoms with Gasteiger partial charge in [0.15, 0.2) is 0 Å². The molecule has 0 unspecified atom stereocenters. The molecule has 2 amide bonds. The summed E-state index contributed by atoms with van der Waals surface area (Å²) in [5.41, 5.74) is 16.4. The Kier molecular flexibility index (Phi) is 8.81. The monoisotopic (exact) mass is 513 g/mol. The Balaban J connectivity index is 2.06. The summed E-state index contributed by atoms with van der Waals surface area (Å²) in [4.78, 5) is 40.8. The highest BCUT2D eigenvalue weighted by Gasteiger charge is 2.21. The number of hydrogen-bond donors (Lipinski definition) is 5. The van der Waals surface area contributed by atoms with E-state index in [1.54, 1.807) is 36.4 Å². The summed E-state index contributed by atoms with van der Waals surface area (Å²) in [6, 6.07) is 15.4. The van der Waals surface area contributed by atoms with Gasteiger partial charge in [0, 0.05) is 33.8 Å². The van der Waals surface area contributed by atoms with Gasteiger partial charge in [0.2, 0.25) is 0 Å². The molecule has 3 aromatic carbocycles. The van der Waals surface area contributed by atoms with Gasteiger partial charge in [-0.1, -0.05) is 37.2 Å². The average molecular weight is 514 g/mol. The first-order valence-corrected chi connectivity index (χ1v) is 11.7. The minimum Gasteiger partial charge on any atom is -0.478 e. The van der Waals surface area contributed by atoms with Crippen molar-refractivity contribution in [1.29, 1.82) is 5.41 Å². The third-order valence-electron chi connectivity index (χ3n) is 5.57. The number of rotatable bonds is 10. The summed E-state index contributed by atoms with van der Waals surface area (Å²) in [5, 5.41) is 26.5. The number of nitrogens with zero attached hydrogens (tertiary/aromatic N) is 3. The number of azide groups is 1. The maximum Gasteiger partial charge on any atom is 0.336 e. The fourth-order valence-corrected chi connectivity index (χ4v) is 3.65. The number of amidine groups is 1. The molecule has 0 radical (unpaired) electrons. The van der Waals surface area contributed by atoms with Crippen LogP contribution in [0, 0.1) is 11.3 Å². The smallest absolute Gasteiger partial charge is 0.336 e. The number of nitrogens with one attached hydrogen (secondary N) is 3. The Labute approximate surface area is 218 Å². The molecule has 0 aliphatic heterocycles. The average Bonchev–Trinajstić information content (AvgIpc) is 2.90. The lowest BCUT2D eigenvalue weighted by Gasteiger charge is -2.15. The van der Waals surface area contributed by atoms with Gasteiger partial charge in [-0.2, -0.15) is 0 Å². The summed E-state index contributed by atoms with van der Waals surface area (Å²) in [6.45, 7) is 4.32. The van der Waals surface area contributed by atoms with Crippen LogP contribution in [0.2, 0.25) is 0 Å². The summed E-state index contributed by atoms with van der Waals surface area (Å²) in [6.07, 6.45) is 0. The fraction of sp³-hybridized carbons (Fsp3) is 0.185. The third-order valence-corrected chi connectivity index (χ3v) is 5.57. The molecule has 11 heteroatoms. The van der Waals surface area contributed by atoms with Gasteiger partial charge < -0.3 is 21.5 Å². The van der Waals surface area contributed by atoms with E-state index in [1.807, 2.05) is 13.8 Å². The summed E-state index contributed by atoms with van der Waals surface area (Å²) < 4.78 is 0. The molecule has 0 heterocycles. The van der Waals surface area contributed by atoms with Crippen molar-refractivity contribution in [3.05, 3.63) is 98.9 Å². The minimum absolute atomic E-state index is 0.00881. The molecule has 0 saturated carbocycles. The van der Waals surface area contributed by atoms with Crippen molar-refractivity contribution in [1.82, 2.24) is 5.32 Å². The number of carbonyl (C=O) groups excluding carboxylic acids is 2. The molecule has 0 atom stereocenters. The van der Waals surface area contributed by atoms with E-state index in [0.29, 0.717) is 28.9 Å². The molecule has 0 aromatic heterocycles. The predicted molar refractivity (Wildman–Crippen MR) is 144 cm³/mol. The van der Waals surface area contributed by atoms with Gasteiger partial charge in [-0.3, -0.25) is 15.0 Å². The number of anilines is 1. The molecule has 0 aliphatic carbocycles. The van der Waals surface area contributed by atoms with E-state index in [4.69, 9.17) is 16.7 Å².